The summed E-state index contributed by atoms with van der Waals surface area (Å²) >= 11 is 1.68. The van der Waals surface area contributed by atoms with Crippen LogP contribution in [-0.2, 0) is 33.3 Å². The van der Waals surface area contributed by atoms with Crippen molar-refractivity contribution in [2.45, 2.75) is 92.9 Å². The number of carbonyl (C=O) groups is 4. The lowest BCUT2D eigenvalue weighted by atomic mass is 9.83. The third-order valence-corrected chi connectivity index (χ3v) is 7.88. The number of unbranched alkanes of at least 4 members (excludes halogenated alkanes) is 4. The van der Waals surface area contributed by atoms with Gasteiger partial charge < -0.3 is 24.3 Å². The zero-order valence-electron chi connectivity index (χ0n) is 24.7. The third-order valence-electron chi connectivity index (χ3n) is 6.46. The normalized spacial score (nSPS) is 13.7. The summed E-state index contributed by atoms with van der Waals surface area (Å²) < 4.78 is 20.6. The molecule has 0 spiro atoms. The second-order valence-electron chi connectivity index (χ2n) is 10.6. The highest BCUT2D eigenvalue weighted by Gasteiger charge is 2.38. The fourth-order valence-electron chi connectivity index (χ4n) is 3.48. The fourth-order valence-corrected chi connectivity index (χ4v) is 4.71. The Labute approximate surface area is 233 Å². The number of hydrogen-bond donors (Lipinski definition) is 1. The molecule has 1 amide bonds. The minimum Gasteiger partial charge on any atom is -0.469 e. The first-order valence-corrected chi connectivity index (χ1v) is 15.0. The first-order valence-electron chi connectivity index (χ1n) is 13.8. The molecule has 0 radical (unpaired) electrons. The van der Waals surface area contributed by atoms with Crippen LogP contribution in [0.3, 0.4) is 0 Å². The number of amides is 1. The van der Waals surface area contributed by atoms with Crippen LogP contribution in [0.2, 0.25) is 0 Å². The SMILES string of the molecule is CCCCOC(=O)C(C)CC(C)(CSCCCCCCOC(=O)NCCOC(=O)C(C)(C)CC)C(=O)OC. The molecule has 0 aromatic rings. The van der Waals surface area contributed by atoms with Crippen LogP contribution in [-0.4, -0.2) is 69.0 Å². The number of ether oxygens (including phenoxy) is 4. The Morgan fingerprint density at radius 2 is 1.50 bits per heavy atom. The maximum absolute atomic E-state index is 12.5. The highest BCUT2D eigenvalue weighted by atomic mass is 32.2. The number of thioether (sulfide) groups is 1. The Balaban J connectivity index is 4.05. The van der Waals surface area contributed by atoms with Gasteiger partial charge in [-0.3, -0.25) is 14.4 Å². The molecule has 1 N–H and O–H groups in total. The van der Waals surface area contributed by atoms with E-state index in [0.717, 1.165) is 44.3 Å². The third kappa shape index (κ3) is 15.4. The van der Waals surface area contributed by atoms with Crippen molar-refractivity contribution in [2.75, 3.05) is 45.0 Å². The summed E-state index contributed by atoms with van der Waals surface area (Å²) in [6, 6.07) is 0. The molecule has 0 bridgehead atoms. The number of hydrogen-bond acceptors (Lipinski definition) is 9. The van der Waals surface area contributed by atoms with E-state index in [1.165, 1.54) is 7.11 Å². The number of nitrogens with one attached hydrogen (secondary N) is 1. The molecular formula is C28H51NO8S. The van der Waals surface area contributed by atoms with Crippen molar-refractivity contribution in [3.63, 3.8) is 0 Å². The van der Waals surface area contributed by atoms with Crippen molar-refractivity contribution in [1.82, 2.24) is 5.32 Å². The van der Waals surface area contributed by atoms with Gasteiger partial charge in [0.15, 0.2) is 0 Å². The van der Waals surface area contributed by atoms with E-state index < -0.39 is 16.9 Å². The molecule has 0 fully saturated rings. The molecular weight excluding hydrogens is 510 g/mol. The highest BCUT2D eigenvalue weighted by Crippen LogP contribution is 2.33. The Bertz CT molecular complexity index is 715. The molecule has 0 heterocycles. The summed E-state index contributed by atoms with van der Waals surface area (Å²) in [7, 11) is 1.38. The lowest BCUT2D eigenvalue weighted by molar-refractivity contribution is -0.155. The van der Waals surface area contributed by atoms with E-state index in [-0.39, 0.29) is 37.0 Å². The van der Waals surface area contributed by atoms with Gasteiger partial charge >= 0.3 is 24.0 Å². The van der Waals surface area contributed by atoms with Crippen LogP contribution in [0, 0.1) is 16.7 Å². The van der Waals surface area contributed by atoms with Crippen LogP contribution in [0.15, 0.2) is 0 Å². The van der Waals surface area contributed by atoms with E-state index in [1.807, 2.05) is 34.6 Å². The molecule has 0 saturated carbocycles. The molecule has 0 aliphatic carbocycles. The first kappa shape index (κ1) is 36.0. The largest absolute Gasteiger partial charge is 0.469 e. The monoisotopic (exact) mass is 561 g/mol. The van der Waals surface area contributed by atoms with Gasteiger partial charge in [0.25, 0.3) is 0 Å². The summed E-state index contributed by atoms with van der Waals surface area (Å²) in [6.45, 7) is 12.3. The maximum atomic E-state index is 12.5. The second-order valence-corrected chi connectivity index (χ2v) is 11.7. The Morgan fingerprint density at radius 1 is 0.842 bits per heavy atom. The van der Waals surface area contributed by atoms with E-state index in [0.29, 0.717) is 31.8 Å². The molecule has 38 heavy (non-hydrogen) atoms. The van der Waals surface area contributed by atoms with E-state index in [9.17, 15) is 19.2 Å². The number of esters is 3. The van der Waals surface area contributed by atoms with Crippen molar-refractivity contribution in [1.29, 1.82) is 0 Å². The van der Waals surface area contributed by atoms with Crippen molar-refractivity contribution in [2.24, 2.45) is 16.7 Å². The lowest BCUT2D eigenvalue weighted by Crippen LogP contribution is -2.35. The minimum atomic E-state index is -0.756. The summed E-state index contributed by atoms with van der Waals surface area (Å²) in [5, 5.41) is 2.58. The smallest absolute Gasteiger partial charge is 0.407 e. The first-order chi connectivity index (χ1) is 17.9. The quantitative estimate of drug-likeness (QED) is 0.110. The van der Waals surface area contributed by atoms with Gasteiger partial charge in [-0.05, 0) is 58.6 Å². The molecule has 2 atom stereocenters. The Kier molecular flexibility index (Phi) is 19.0. The fraction of sp³-hybridized carbons (Fsp3) is 0.857. The van der Waals surface area contributed by atoms with Gasteiger partial charge in [0.05, 0.1) is 43.6 Å². The van der Waals surface area contributed by atoms with Crippen molar-refractivity contribution in [3.8, 4) is 0 Å². The molecule has 0 aliphatic heterocycles. The van der Waals surface area contributed by atoms with Crippen LogP contribution < -0.4 is 5.32 Å². The summed E-state index contributed by atoms with van der Waals surface area (Å²) in [4.78, 5) is 48.3. The second kappa shape index (κ2) is 20.0. The molecule has 10 heteroatoms. The van der Waals surface area contributed by atoms with Crippen LogP contribution >= 0.6 is 11.8 Å². The standard InChI is InChI=1S/C28H51NO8S/c1-8-10-16-35-23(30)22(3)20-28(6,25(32)34-7)21-38-19-14-12-11-13-17-37-26(33)29-15-18-36-24(31)27(4,5)9-2/h22H,8-21H2,1-7H3,(H,29,33). The van der Waals surface area contributed by atoms with Gasteiger partial charge in [0, 0.05) is 5.75 Å². The van der Waals surface area contributed by atoms with E-state index >= 15 is 0 Å². The minimum absolute atomic E-state index is 0.117. The van der Waals surface area contributed by atoms with Gasteiger partial charge in [-0.1, -0.05) is 40.0 Å². The van der Waals surface area contributed by atoms with Crippen LogP contribution in [0.1, 0.15) is 92.9 Å². The Morgan fingerprint density at radius 3 is 2.13 bits per heavy atom. The van der Waals surface area contributed by atoms with Gasteiger partial charge in [-0.2, -0.15) is 11.8 Å². The summed E-state index contributed by atoms with van der Waals surface area (Å²) in [5.74, 6) is 0.222. The van der Waals surface area contributed by atoms with E-state index in [2.05, 4.69) is 5.32 Å². The molecule has 0 aliphatic rings. The highest BCUT2D eigenvalue weighted by molar-refractivity contribution is 7.99. The van der Waals surface area contributed by atoms with Crippen LogP contribution in [0.4, 0.5) is 4.79 Å². The van der Waals surface area contributed by atoms with Crippen molar-refractivity contribution in [3.05, 3.63) is 0 Å². The van der Waals surface area contributed by atoms with Gasteiger partial charge in [0.2, 0.25) is 0 Å². The van der Waals surface area contributed by atoms with E-state index in [4.69, 9.17) is 18.9 Å². The predicted octanol–water partition coefficient (Wildman–Crippen LogP) is 5.53. The van der Waals surface area contributed by atoms with Crippen LogP contribution in [0.5, 0.6) is 0 Å². The maximum Gasteiger partial charge on any atom is 0.407 e. The van der Waals surface area contributed by atoms with Gasteiger partial charge in [-0.25, -0.2) is 4.79 Å². The summed E-state index contributed by atoms with van der Waals surface area (Å²) in [5.41, 5.74) is -1.28. The molecule has 2 unspecified atom stereocenters. The summed E-state index contributed by atoms with van der Waals surface area (Å²) in [6.07, 6.45) is 5.98. The van der Waals surface area contributed by atoms with Gasteiger partial charge in [-0.15, -0.1) is 0 Å². The van der Waals surface area contributed by atoms with E-state index in [1.54, 1.807) is 18.7 Å². The Hall–Kier alpha value is -1.97. The molecule has 9 nitrogen and oxygen atoms in total. The van der Waals surface area contributed by atoms with Crippen LogP contribution in [0.25, 0.3) is 0 Å². The number of methoxy groups -OCH3 is 1. The average molecular weight is 562 g/mol. The molecule has 0 aromatic carbocycles. The molecule has 0 saturated heterocycles. The predicted molar refractivity (Wildman–Crippen MR) is 150 cm³/mol. The molecule has 0 rings (SSSR count). The number of carbonyl (C=O) groups excluding carboxylic acids is 4. The molecule has 222 valence electrons. The van der Waals surface area contributed by atoms with Crippen molar-refractivity contribution >= 4 is 35.8 Å². The lowest BCUT2D eigenvalue weighted by Gasteiger charge is -2.28. The molecule has 0 aromatic heterocycles. The number of alkyl carbamates (subject to hydrolysis) is 1. The zero-order chi connectivity index (χ0) is 29.0. The zero-order valence-corrected chi connectivity index (χ0v) is 25.5. The average Bonchev–Trinajstić information content (AvgIpc) is 2.89. The topological polar surface area (TPSA) is 117 Å². The number of rotatable bonds is 21. The van der Waals surface area contributed by atoms with Crippen molar-refractivity contribution < 1.29 is 38.1 Å². The van der Waals surface area contributed by atoms with Gasteiger partial charge in [0.1, 0.15) is 6.61 Å².